The summed E-state index contributed by atoms with van der Waals surface area (Å²) in [5.74, 6) is 5.32. The lowest BCUT2D eigenvalue weighted by Crippen LogP contribution is -2.86. The van der Waals surface area contributed by atoms with Crippen molar-refractivity contribution in [1.82, 2.24) is 5.32 Å². The molecule has 6 N–H and O–H groups in total. The molecule has 8 saturated carbocycles. The van der Waals surface area contributed by atoms with Crippen LogP contribution in [-0.2, 0) is 32.1 Å². The highest BCUT2D eigenvalue weighted by Gasteiger charge is 2.87. The SMILES string of the molecule is CN[C@H]1Cc2c(cccc2CO)C#CCC[C@]23CC[C@H]4[C@@](O)([C@H](O)[C@@H]5C[C@@H]6[C@H](C=CC[C@H]6C6CCCC6)C[C@H]6[C@H]7OCC[C@@H]8CCC[C@@]87C[C@@]4(C=O)[C@@]65O)[C@@]2(O)C[C@H]2C[C@@H]1[C@H]1OC(=O)C=C1[C@@H]23. The van der Waals surface area contributed by atoms with Gasteiger partial charge in [-0.05, 0) is 155 Å². The topological polar surface area (TPSA) is 166 Å². The van der Waals surface area contributed by atoms with Crippen LogP contribution in [0, 0.1) is 93.2 Å². The average molecular weight is 916 g/mol. The predicted molar refractivity (Wildman–Crippen MR) is 248 cm³/mol. The molecule has 0 unspecified atom stereocenters. The first-order valence-corrected chi connectivity index (χ1v) is 26.8. The Hall–Kier alpha value is -2.88. The smallest absolute Gasteiger partial charge is 0.331 e. The number of hydrogen-bond donors (Lipinski definition) is 6. The van der Waals surface area contributed by atoms with Gasteiger partial charge < -0.3 is 45.1 Å². The van der Waals surface area contributed by atoms with Crippen LogP contribution in [0.15, 0.2) is 42.0 Å². The van der Waals surface area contributed by atoms with E-state index < -0.39 is 63.6 Å². The van der Waals surface area contributed by atoms with Gasteiger partial charge in [-0.15, -0.1) is 0 Å². The fourth-order valence-corrected chi connectivity index (χ4v) is 21.0. The summed E-state index contributed by atoms with van der Waals surface area (Å²) in [5, 5.41) is 71.8. The molecule has 11 aliphatic carbocycles. The van der Waals surface area contributed by atoms with Gasteiger partial charge in [0.15, 0.2) is 0 Å². The maximum atomic E-state index is 15.1. The van der Waals surface area contributed by atoms with Gasteiger partial charge in [-0.25, -0.2) is 4.79 Å². The molecule has 0 aromatic heterocycles. The normalized spacial score (nSPS) is 52.3. The Kier molecular flexibility index (Phi) is 10.1. The Labute approximate surface area is 396 Å². The Morgan fingerprint density at radius 3 is 2.58 bits per heavy atom. The quantitative estimate of drug-likeness (QED) is 0.0899. The highest BCUT2D eigenvalue weighted by molar-refractivity contribution is 5.86. The Morgan fingerprint density at radius 1 is 0.925 bits per heavy atom. The molecule has 14 rings (SSSR count). The molecule has 13 aliphatic rings. The molecule has 9 fully saturated rings. The number of hydrogen-bond acceptors (Lipinski definition) is 10. The lowest BCUT2D eigenvalue weighted by Gasteiger charge is -2.75. The second-order valence-electron chi connectivity index (χ2n) is 24.7. The highest BCUT2D eigenvalue weighted by Crippen LogP contribution is 2.80. The summed E-state index contributed by atoms with van der Waals surface area (Å²) < 4.78 is 13.4. The molecule has 10 nitrogen and oxygen atoms in total. The van der Waals surface area contributed by atoms with Crippen LogP contribution in [-0.4, -0.2) is 92.6 Å². The van der Waals surface area contributed by atoms with Crippen LogP contribution in [0.2, 0.25) is 0 Å². The summed E-state index contributed by atoms with van der Waals surface area (Å²) in [4.78, 5) is 28.8. The summed E-state index contributed by atoms with van der Waals surface area (Å²) in [6, 6.07) is 5.71. The molecule has 0 amide bonds. The number of esters is 1. The van der Waals surface area contributed by atoms with Crippen molar-refractivity contribution in [2.75, 3.05) is 13.7 Å². The summed E-state index contributed by atoms with van der Waals surface area (Å²) in [5.41, 5.74) is -5.00. The lowest BCUT2D eigenvalue weighted by atomic mass is 9.32. The van der Waals surface area contributed by atoms with E-state index in [0.29, 0.717) is 82.1 Å². The molecule has 10 heteroatoms. The molecule has 360 valence electrons. The van der Waals surface area contributed by atoms with Crippen molar-refractivity contribution in [1.29, 1.82) is 0 Å². The third kappa shape index (κ3) is 5.44. The number of aliphatic hydroxyl groups is 5. The number of aliphatic hydroxyl groups excluding tert-OH is 2. The third-order valence-corrected chi connectivity index (χ3v) is 23.2. The fraction of sp³-hybridized carbons (Fsp3) is 0.754. The van der Waals surface area contributed by atoms with E-state index in [1.165, 1.54) is 25.7 Å². The molecule has 2 spiro atoms. The number of rotatable bonds is 4. The zero-order valence-corrected chi connectivity index (χ0v) is 39.4. The Bertz CT molecular complexity index is 2350. The summed E-state index contributed by atoms with van der Waals surface area (Å²) >= 11 is 0. The number of fused-ring (bicyclic) bond motifs is 8. The second-order valence-corrected chi connectivity index (χ2v) is 24.7. The molecule has 4 bridgehead atoms. The van der Waals surface area contributed by atoms with E-state index in [1.54, 1.807) is 6.08 Å². The van der Waals surface area contributed by atoms with Crippen LogP contribution in [0.1, 0.15) is 132 Å². The number of benzene rings is 1. The van der Waals surface area contributed by atoms with E-state index in [0.717, 1.165) is 60.7 Å². The standard InChI is InChI=1S/C57H73NO9/c1-58-45-26-39-33(12-6-14-35(39)29-59)11-4-5-20-53-21-17-46-54(31-60)30-52-19-8-15-37(52)18-22-66-51(52)44-24-34-13-7-16-38(32-9-2-3-10-32)40(34)25-43(56(44,54)64)50(62)57(46,65)55(53,63)28-36-23-41(45)49-42(48(36)53)27-47(61)67-49/h6-7,12-14,27,31-32,34,36-38,40-41,43-46,48-51,58-59,62-65H,2-3,5,8-10,15-26,28-30H2,1H3/t34-,36-,37+,38+,40-,41+,43+,44+,45+,46-,48-,49-,50-,51-,52-,53-,54+,55-,56+,57-/m1/s1. The van der Waals surface area contributed by atoms with Crippen molar-refractivity contribution in [3.63, 3.8) is 0 Å². The van der Waals surface area contributed by atoms with Crippen molar-refractivity contribution < 1.29 is 44.6 Å². The van der Waals surface area contributed by atoms with Crippen molar-refractivity contribution in [2.45, 2.75) is 170 Å². The van der Waals surface area contributed by atoms with Gasteiger partial charge in [0.05, 0.1) is 29.8 Å². The first kappa shape index (κ1) is 44.1. The number of carbonyl (C=O) groups excluding carboxylic acids is 2. The van der Waals surface area contributed by atoms with Crippen LogP contribution in [0.4, 0.5) is 0 Å². The van der Waals surface area contributed by atoms with Crippen molar-refractivity contribution in [3.8, 4) is 11.8 Å². The zero-order chi connectivity index (χ0) is 45.9. The number of ether oxygens (including phenoxy) is 2. The monoisotopic (exact) mass is 916 g/mol. The molecule has 1 aromatic rings. The Morgan fingerprint density at radius 2 is 1.78 bits per heavy atom. The number of aldehydes is 1. The van der Waals surface area contributed by atoms with Gasteiger partial charge in [0, 0.05) is 65.2 Å². The minimum atomic E-state index is -2.16. The predicted octanol–water partition coefficient (Wildman–Crippen LogP) is 6.12. The summed E-state index contributed by atoms with van der Waals surface area (Å²) in [6.45, 7) is 0.514. The molecule has 1 saturated heterocycles. The van der Waals surface area contributed by atoms with Crippen LogP contribution >= 0.6 is 0 Å². The van der Waals surface area contributed by atoms with E-state index in [9.17, 15) is 30.3 Å². The molecule has 2 heterocycles. The van der Waals surface area contributed by atoms with Gasteiger partial charge in [-0.1, -0.05) is 68.2 Å². The first-order chi connectivity index (χ1) is 32.4. The first-order valence-electron chi connectivity index (χ1n) is 26.8. The molecule has 20 atom stereocenters. The van der Waals surface area contributed by atoms with E-state index in [1.807, 2.05) is 25.2 Å². The van der Waals surface area contributed by atoms with Crippen LogP contribution < -0.4 is 5.32 Å². The van der Waals surface area contributed by atoms with Gasteiger partial charge in [0.1, 0.15) is 23.6 Å². The van der Waals surface area contributed by atoms with Crippen molar-refractivity contribution >= 4 is 12.3 Å². The van der Waals surface area contributed by atoms with Crippen LogP contribution in [0.25, 0.3) is 0 Å². The van der Waals surface area contributed by atoms with Crippen molar-refractivity contribution in [3.05, 3.63) is 58.7 Å². The van der Waals surface area contributed by atoms with Gasteiger partial charge in [0.25, 0.3) is 0 Å². The summed E-state index contributed by atoms with van der Waals surface area (Å²) in [7, 11) is 1.93. The zero-order valence-electron chi connectivity index (χ0n) is 39.4. The molecular formula is C57H73NO9. The number of allylic oxidation sites excluding steroid dienone is 2. The minimum absolute atomic E-state index is 0.119. The minimum Gasteiger partial charge on any atom is -0.454 e. The van der Waals surface area contributed by atoms with E-state index >= 15 is 4.79 Å². The fourth-order valence-electron chi connectivity index (χ4n) is 21.0. The molecule has 2 aliphatic heterocycles. The summed E-state index contributed by atoms with van der Waals surface area (Å²) in [6.07, 6.45) is 19.4. The maximum absolute atomic E-state index is 15.1. The maximum Gasteiger partial charge on any atom is 0.331 e. The largest absolute Gasteiger partial charge is 0.454 e. The second kappa shape index (κ2) is 15.3. The number of nitrogens with one attached hydrogen (secondary N) is 1. The van der Waals surface area contributed by atoms with Gasteiger partial charge >= 0.3 is 5.97 Å². The van der Waals surface area contributed by atoms with Gasteiger partial charge in [-0.2, -0.15) is 0 Å². The third-order valence-electron chi connectivity index (χ3n) is 23.2. The van der Waals surface area contributed by atoms with Crippen LogP contribution in [0.3, 0.4) is 0 Å². The molecule has 1 aromatic carbocycles. The van der Waals surface area contributed by atoms with Crippen molar-refractivity contribution in [2.24, 2.45) is 81.3 Å². The molecular weight excluding hydrogens is 843 g/mol. The molecule has 0 radical (unpaired) electrons. The number of likely N-dealkylation sites (N-methyl/N-ethyl adjacent to an activating group) is 1. The lowest BCUT2D eigenvalue weighted by molar-refractivity contribution is -0.389. The van der Waals surface area contributed by atoms with E-state index in [-0.39, 0.29) is 60.2 Å². The number of carbonyl (C=O) groups is 2. The van der Waals surface area contributed by atoms with E-state index in [4.69, 9.17) is 9.47 Å². The van der Waals surface area contributed by atoms with Gasteiger partial charge in [-0.3, -0.25) is 0 Å². The Balaban J connectivity index is 1.01. The van der Waals surface area contributed by atoms with E-state index in [2.05, 4.69) is 29.3 Å². The van der Waals surface area contributed by atoms with Crippen LogP contribution in [0.5, 0.6) is 0 Å². The highest BCUT2D eigenvalue weighted by atomic mass is 16.5. The molecule has 67 heavy (non-hydrogen) atoms. The van der Waals surface area contributed by atoms with Gasteiger partial charge in [0.2, 0.25) is 0 Å². The average Bonchev–Trinajstić information content (AvgIpc) is 4.13.